The Hall–Kier alpha value is -3.64. The van der Waals surface area contributed by atoms with Crippen molar-refractivity contribution in [2.45, 2.75) is 25.7 Å². The average Bonchev–Trinajstić information content (AvgIpc) is 3.22. The van der Waals surface area contributed by atoms with E-state index in [1.807, 2.05) is 31.2 Å². The molecule has 3 aromatic heterocycles. The maximum Gasteiger partial charge on any atom is 0.237 e. The molecule has 9 heteroatoms. The highest BCUT2D eigenvalue weighted by Gasteiger charge is 2.24. The molecule has 0 aliphatic carbocycles. The maximum absolute atomic E-state index is 9.95. The number of nitrogens with zero attached hydrogens (tertiary/aromatic N) is 3. The molecule has 0 spiro atoms. The Kier molecular flexibility index (Phi) is 6.59. The highest BCUT2D eigenvalue weighted by molar-refractivity contribution is 5.59. The number of hydrogen-bond acceptors (Lipinski definition) is 7. The van der Waals surface area contributed by atoms with E-state index in [1.165, 1.54) is 0 Å². The van der Waals surface area contributed by atoms with E-state index in [1.54, 1.807) is 12.4 Å². The third kappa shape index (κ3) is 5.29. The molecule has 0 amide bonds. The highest BCUT2D eigenvalue weighted by Crippen LogP contribution is 2.31. The summed E-state index contributed by atoms with van der Waals surface area (Å²) in [5.74, 6) is 3.24. The molecule has 0 aromatic carbocycles. The van der Waals surface area contributed by atoms with Crippen LogP contribution in [-0.4, -0.2) is 41.4 Å². The molecule has 1 aliphatic heterocycles. The molecule has 0 bridgehead atoms. The van der Waals surface area contributed by atoms with Crippen molar-refractivity contribution in [3.05, 3.63) is 53.5 Å². The molecule has 1 saturated heterocycles. The van der Waals surface area contributed by atoms with Crippen LogP contribution in [0.15, 0.2) is 36.7 Å². The van der Waals surface area contributed by atoms with Crippen molar-refractivity contribution >= 4 is 17.5 Å². The summed E-state index contributed by atoms with van der Waals surface area (Å²) in [5.41, 5.74) is 2.67. The molecule has 0 saturated carbocycles. The molecule has 0 unspecified atom stereocenters. The first kappa shape index (κ1) is 20.6. The number of nitrogens with one attached hydrogen (secondary N) is 5. The lowest BCUT2D eigenvalue weighted by Crippen LogP contribution is -2.29. The third-order valence-corrected chi connectivity index (χ3v) is 5.26. The standard InChI is InChI=1S/C22H26N8O/c1-15-11-21(30-29-15)27-20-12-18(16-4-7-24-8-5-16)19(13-23)22(28-20)26-9-10-31-17-3-2-6-25-14-17/h2-3,6,11-12,14,16,24H,4-5,7-10H2,1H3,(H3,26,27,28,29,30)/p+1. The van der Waals surface area contributed by atoms with Gasteiger partial charge in [-0.05, 0) is 56.5 Å². The maximum atomic E-state index is 9.95. The predicted molar refractivity (Wildman–Crippen MR) is 117 cm³/mol. The number of hydrogen-bond donors (Lipinski definition) is 4. The number of H-pyrrole nitrogens is 2. The summed E-state index contributed by atoms with van der Waals surface area (Å²) >= 11 is 0. The Bertz CT molecular complexity index is 1040. The van der Waals surface area contributed by atoms with Gasteiger partial charge in [0.05, 0.1) is 12.7 Å². The van der Waals surface area contributed by atoms with Crippen LogP contribution in [0.5, 0.6) is 5.75 Å². The fourth-order valence-electron chi connectivity index (χ4n) is 3.78. The van der Waals surface area contributed by atoms with E-state index in [0.29, 0.717) is 36.2 Å². The first-order valence-corrected chi connectivity index (χ1v) is 10.5. The van der Waals surface area contributed by atoms with Crippen molar-refractivity contribution in [1.29, 1.82) is 5.26 Å². The third-order valence-electron chi connectivity index (χ3n) is 5.26. The van der Waals surface area contributed by atoms with Crippen molar-refractivity contribution in [3.8, 4) is 11.8 Å². The molecular formula is C22H27N8O+. The minimum absolute atomic E-state index is 0.333. The molecule has 31 heavy (non-hydrogen) atoms. The summed E-state index contributed by atoms with van der Waals surface area (Å²) in [5, 5.41) is 27.2. The zero-order valence-electron chi connectivity index (χ0n) is 17.5. The Morgan fingerprint density at radius 1 is 1.32 bits per heavy atom. The van der Waals surface area contributed by atoms with Gasteiger partial charge in [0.25, 0.3) is 0 Å². The summed E-state index contributed by atoms with van der Waals surface area (Å²) in [4.78, 5) is 7.37. The van der Waals surface area contributed by atoms with Gasteiger partial charge in [0.2, 0.25) is 17.5 Å². The SMILES string of the molecule is Cc1cc(Nc2cc(C3CCNCC3)c(C#N)c(NCCOc3cccnc3)[nH+]2)n[nH]1. The molecule has 0 radical (unpaired) electrons. The van der Waals surface area contributed by atoms with E-state index in [0.717, 1.165) is 48.8 Å². The zero-order valence-corrected chi connectivity index (χ0v) is 17.5. The van der Waals surface area contributed by atoms with Gasteiger partial charge in [-0.1, -0.05) is 0 Å². The van der Waals surface area contributed by atoms with Gasteiger partial charge >= 0.3 is 0 Å². The number of ether oxygens (including phenoxy) is 1. The number of piperidine rings is 1. The van der Waals surface area contributed by atoms with Crippen LogP contribution in [-0.2, 0) is 0 Å². The number of rotatable bonds is 8. The van der Waals surface area contributed by atoms with Gasteiger partial charge in [-0.15, -0.1) is 5.10 Å². The lowest BCUT2D eigenvalue weighted by Gasteiger charge is -2.24. The van der Waals surface area contributed by atoms with Crippen LogP contribution in [0.2, 0.25) is 0 Å². The number of nitriles is 1. The minimum atomic E-state index is 0.333. The van der Waals surface area contributed by atoms with Crippen LogP contribution in [0.1, 0.15) is 35.6 Å². The molecule has 1 aliphatic rings. The van der Waals surface area contributed by atoms with Crippen LogP contribution >= 0.6 is 0 Å². The Morgan fingerprint density at radius 3 is 2.90 bits per heavy atom. The van der Waals surface area contributed by atoms with Gasteiger partial charge in [-0.25, -0.2) is 4.98 Å². The monoisotopic (exact) mass is 419 g/mol. The van der Waals surface area contributed by atoms with Crippen molar-refractivity contribution in [3.63, 3.8) is 0 Å². The topological polar surface area (TPSA) is 125 Å². The van der Waals surface area contributed by atoms with Crippen LogP contribution in [0.25, 0.3) is 0 Å². The summed E-state index contributed by atoms with van der Waals surface area (Å²) in [7, 11) is 0. The number of aromatic amines is 2. The molecular weight excluding hydrogens is 392 g/mol. The summed E-state index contributed by atoms with van der Waals surface area (Å²) in [6.45, 7) is 4.85. The van der Waals surface area contributed by atoms with Crippen LogP contribution < -0.4 is 25.7 Å². The van der Waals surface area contributed by atoms with E-state index >= 15 is 0 Å². The quantitative estimate of drug-likeness (QED) is 0.413. The molecule has 5 N–H and O–H groups in total. The van der Waals surface area contributed by atoms with Gasteiger partial charge in [-0.3, -0.25) is 15.4 Å². The van der Waals surface area contributed by atoms with Crippen molar-refractivity contribution < 1.29 is 9.72 Å². The molecule has 160 valence electrons. The van der Waals surface area contributed by atoms with Gasteiger partial charge in [-0.2, -0.15) is 5.26 Å². The second-order valence-corrected chi connectivity index (χ2v) is 7.55. The van der Waals surface area contributed by atoms with Gasteiger partial charge in [0.1, 0.15) is 24.0 Å². The van der Waals surface area contributed by atoms with Crippen LogP contribution in [0.3, 0.4) is 0 Å². The van der Waals surface area contributed by atoms with Crippen LogP contribution in [0.4, 0.5) is 17.5 Å². The zero-order chi connectivity index (χ0) is 21.5. The molecule has 1 fully saturated rings. The minimum Gasteiger partial charge on any atom is -0.489 e. The lowest BCUT2D eigenvalue weighted by atomic mass is 9.87. The number of anilines is 3. The number of pyridine rings is 2. The van der Waals surface area contributed by atoms with Crippen molar-refractivity contribution in [2.75, 3.05) is 36.9 Å². The molecule has 9 nitrogen and oxygen atoms in total. The van der Waals surface area contributed by atoms with E-state index in [2.05, 4.69) is 42.2 Å². The summed E-state index contributed by atoms with van der Waals surface area (Å²) in [6, 6.07) is 10.1. The van der Waals surface area contributed by atoms with Gasteiger partial charge in [0.15, 0.2) is 0 Å². The average molecular weight is 420 g/mol. The molecule has 0 atom stereocenters. The van der Waals surface area contributed by atoms with Crippen molar-refractivity contribution in [1.82, 2.24) is 20.5 Å². The van der Waals surface area contributed by atoms with E-state index < -0.39 is 0 Å². The molecule has 4 rings (SSSR count). The van der Waals surface area contributed by atoms with Gasteiger partial charge < -0.3 is 15.4 Å². The fraction of sp³-hybridized carbons (Fsp3) is 0.364. The second kappa shape index (κ2) is 9.91. The lowest BCUT2D eigenvalue weighted by molar-refractivity contribution is -0.344. The molecule has 4 heterocycles. The van der Waals surface area contributed by atoms with E-state index in [4.69, 9.17) is 4.74 Å². The summed E-state index contributed by atoms with van der Waals surface area (Å²) in [6.07, 6.45) is 5.39. The smallest absolute Gasteiger partial charge is 0.237 e. The number of aromatic nitrogens is 4. The van der Waals surface area contributed by atoms with Crippen molar-refractivity contribution in [2.24, 2.45) is 0 Å². The Morgan fingerprint density at radius 2 is 2.19 bits per heavy atom. The predicted octanol–water partition coefficient (Wildman–Crippen LogP) is 2.50. The summed E-state index contributed by atoms with van der Waals surface area (Å²) < 4.78 is 5.72. The normalized spacial score (nSPS) is 14.1. The van der Waals surface area contributed by atoms with E-state index in [-0.39, 0.29) is 0 Å². The highest BCUT2D eigenvalue weighted by atomic mass is 16.5. The first-order valence-electron chi connectivity index (χ1n) is 10.5. The van der Waals surface area contributed by atoms with Gasteiger partial charge in [0, 0.05) is 24.0 Å². The second-order valence-electron chi connectivity index (χ2n) is 7.55. The largest absolute Gasteiger partial charge is 0.489 e. The first-order chi connectivity index (χ1) is 15.2. The Balaban J connectivity index is 1.55. The van der Waals surface area contributed by atoms with Crippen LogP contribution in [0, 0.1) is 18.3 Å². The number of aryl methyl sites for hydroxylation is 1. The fourth-order valence-corrected chi connectivity index (χ4v) is 3.78. The molecule has 3 aromatic rings. The Labute approximate surface area is 181 Å². The van der Waals surface area contributed by atoms with E-state index in [9.17, 15) is 5.26 Å².